The van der Waals surface area contributed by atoms with E-state index in [-0.39, 0.29) is 10.8 Å². The second-order valence-electron chi connectivity index (χ2n) is 23.3. The molecule has 16 saturated carbocycles. The third kappa shape index (κ3) is 3.63. The van der Waals surface area contributed by atoms with Crippen LogP contribution in [-0.2, 0) is 21.7 Å². The normalized spacial score (nSPS) is 57.4. The topological polar surface area (TPSA) is 20.2 Å². The first-order valence-electron chi connectivity index (χ1n) is 22.2. The van der Waals surface area contributed by atoms with E-state index in [1.807, 2.05) is 16.7 Å². The van der Waals surface area contributed by atoms with Crippen LogP contribution in [0.1, 0.15) is 182 Å². The van der Waals surface area contributed by atoms with E-state index < -0.39 is 0 Å². The monoisotopic (exact) mass is 644 g/mol. The van der Waals surface area contributed by atoms with Gasteiger partial charge in [-0.3, -0.25) is 0 Å². The van der Waals surface area contributed by atoms with Gasteiger partial charge in [-0.25, -0.2) is 0 Å². The van der Waals surface area contributed by atoms with Gasteiger partial charge < -0.3 is 5.11 Å². The van der Waals surface area contributed by atoms with Gasteiger partial charge in [0.25, 0.3) is 0 Å². The van der Waals surface area contributed by atoms with Crippen molar-refractivity contribution in [1.29, 1.82) is 0 Å². The van der Waals surface area contributed by atoms with E-state index in [2.05, 4.69) is 6.92 Å². The SMILES string of the molecule is Cc1c(C23CC4CC(CC(C4)C2)C3)c(C23CC4CC(CC(C4)C2)C3)c(O)c(C23CC4CC(CC(C4)C2)C3)c1C12CC3CC(CC(C3)C1)C2. The zero-order valence-electron chi connectivity index (χ0n) is 30.3. The zero-order chi connectivity index (χ0) is 31.4. The summed E-state index contributed by atoms with van der Waals surface area (Å²) in [6, 6.07) is 0. The van der Waals surface area contributed by atoms with E-state index in [1.54, 1.807) is 11.1 Å². The first-order chi connectivity index (χ1) is 23.2. The summed E-state index contributed by atoms with van der Waals surface area (Å²) in [7, 11) is 0. The van der Waals surface area contributed by atoms with Crippen LogP contribution in [0.5, 0.6) is 5.75 Å². The molecule has 0 aromatic heterocycles. The Morgan fingerprint density at radius 1 is 0.312 bits per heavy atom. The largest absolute Gasteiger partial charge is 0.507 e. The van der Waals surface area contributed by atoms with E-state index in [9.17, 15) is 5.11 Å². The van der Waals surface area contributed by atoms with Crippen molar-refractivity contribution in [2.75, 3.05) is 0 Å². The molecule has 0 unspecified atom stereocenters. The highest BCUT2D eigenvalue weighted by Crippen LogP contribution is 2.72. The van der Waals surface area contributed by atoms with Crippen LogP contribution in [0.4, 0.5) is 0 Å². The van der Waals surface area contributed by atoms with Crippen molar-refractivity contribution in [2.24, 2.45) is 71.0 Å². The number of rotatable bonds is 4. The summed E-state index contributed by atoms with van der Waals surface area (Å²) in [5.74, 6) is 12.4. The maximum absolute atomic E-state index is 14.0. The highest BCUT2D eigenvalue weighted by atomic mass is 16.3. The third-order valence-electron chi connectivity index (χ3n) is 20.0. The van der Waals surface area contributed by atoms with Crippen molar-refractivity contribution >= 4 is 0 Å². The second-order valence-corrected chi connectivity index (χ2v) is 23.3. The first-order valence-corrected chi connectivity index (χ1v) is 22.2. The average molecular weight is 645 g/mol. The maximum atomic E-state index is 14.0. The molecule has 48 heavy (non-hydrogen) atoms. The summed E-state index contributed by atoms with van der Waals surface area (Å²) in [5.41, 5.74) is 10.2. The summed E-state index contributed by atoms with van der Waals surface area (Å²) < 4.78 is 0. The second kappa shape index (κ2) is 9.14. The van der Waals surface area contributed by atoms with E-state index in [0.717, 1.165) is 76.8 Å². The van der Waals surface area contributed by atoms with Crippen LogP contribution >= 0.6 is 0 Å². The zero-order valence-corrected chi connectivity index (χ0v) is 30.3. The van der Waals surface area contributed by atoms with Crippen LogP contribution in [0.25, 0.3) is 0 Å². The average Bonchev–Trinajstić information content (AvgIpc) is 2.98. The van der Waals surface area contributed by atoms with Gasteiger partial charge in [0.05, 0.1) is 0 Å². The van der Waals surface area contributed by atoms with Crippen molar-refractivity contribution in [2.45, 2.75) is 183 Å². The molecule has 1 N–H and O–H groups in total. The van der Waals surface area contributed by atoms with E-state index in [0.29, 0.717) is 10.8 Å². The molecule has 0 atom stereocenters. The third-order valence-corrected chi connectivity index (χ3v) is 20.0. The summed E-state index contributed by atoms with van der Waals surface area (Å²) in [6.07, 6.45) is 35.6. The molecule has 1 aromatic carbocycles. The number of phenolic OH excluding ortho intramolecular Hbond substituents is 1. The molecule has 17 rings (SSSR count). The lowest BCUT2D eigenvalue weighted by Gasteiger charge is -2.64. The molecule has 1 aromatic rings. The Morgan fingerprint density at radius 2 is 0.479 bits per heavy atom. The van der Waals surface area contributed by atoms with Crippen molar-refractivity contribution in [3.63, 3.8) is 0 Å². The molecule has 1 heteroatoms. The smallest absolute Gasteiger partial charge is 0.123 e. The summed E-state index contributed by atoms with van der Waals surface area (Å²) in [4.78, 5) is 0. The number of benzene rings is 1. The van der Waals surface area contributed by atoms with Crippen molar-refractivity contribution in [3.05, 3.63) is 27.8 Å². The minimum Gasteiger partial charge on any atom is -0.507 e. The fourth-order valence-corrected chi connectivity index (χ4v) is 20.9. The predicted molar refractivity (Wildman–Crippen MR) is 192 cm³/mol. The Hall–Kier alpha value is -0.980. The molecule has 0 amide bonds. The molecule has 0 aliphatic heterocycles. The quantitative estimate of drug-likeness (QED) is 0.346. The van der Waals surface area contributed by atoms with E-state index >= 15 is 0 Å². The molecule has 16 aliphatic rings. The van der Waals surface area contributed by atoms with Crippen LogP contribution in [0.2, 0.25) is 0 Å². The Morgan fingerprint density at radius 3 is 0.667 bits per heavy atom. The molecule has 0 spiro atoms. The van der Waals surface area contributed by atoms with Crippen LogP contribution < -0.4 is 0 Å². The Bertz CT molecular complexity index is 1220. The lowest BCUT2D eigenvalue weighted by atomic mass is 9.40. The van der Waals surface area contributed by atoms with Crippen molar-refractivity contribution in [1.82, 2.24) is 0 Å². The minimum atomic E-state index is 0.277. The summed E-state index contributed by atoms with van der Waals surface area (Å²) in [5, 5.41) is 14.0. The highest BCUT2D eigenvalue weighted by molar-refractivity contribution is 5.66. The van der Waals surface area contributed by atoms with Crippen molar-refractivity contribution in [3.8, 4) is 5.75 Å². The van der Waals surface area contributed by atoms with Gasteiger partial charge in [-0.15, -0.1) is 0 Å². The van der Waals surface area contributed by atoms with Crippen molar-refractivity contribution < 1.29 is 5.11 Å². The summed E-state index contributed by atoms with van der Waals surface area (Å²) in [6.45, 7) is 2.76. The molecule has 258 valence electrons. The Kier molecular flexibility index (Phi) is 5.44. The molecule has 16 fully saturated rings. The van der Waals surface area contributed by atoms with Gasteiger partial charge in [-0.2, -0.15) is 0 Å². The molecule has 16 aliphatic carbocycles. The number of hydrogen-bond donors (Lipinski definition) is 1. The number of hydrogen-bond acceptors (Lipinski definition) is 1. The standard InChI is InChI=1S/C47H64O/c1-26-39(44-14-27-2-28(15-44)4-29(3-27)16-44)41(46-20-33-8-34(21-46)10-35(9-33)22-46)43(48)42(47-23-36-11-37(24-47)13-38(12-36)25-47)40(26)45-17-30-5-31(18-45)7-32(6-30)19-45/h27-38,48H,2-25H2,1H3. The lowest BCUT2D eigenvalue weighted by Crippen LogP contribution is -2.55. The van der Waals surface area contributed by atoms with Crippen LogP contribution in [0.3, 0.4) is 0 Å². The molecule has 0 radical (unpaired) electrons. The minimum absolute atomic E-state index is 0.277. The van der Waals surface area contributed by atoms with Crippen LogP contribution in [-0.4, -0.2) is 5.11 Å². The van der Waals surface area contributed by atoms with Gasteiger partial charge in [0, 0.05) is 22.0 Å². The Balaban J connectivity index is 1.12. The summed E-state index contributed by atoms with van der Waals surface area (Å²) >= 11 is 0. The first kappa shape index (κ1) is 28.6. The van der Waals surface area contributed by atoms with Gasteiger partial charge in [-0.1, -0.05) is 0 Å². The molecule has 0 heterocycles. The lowest BCUT2D eigenvalue weighted by molar-refractivity contribution is -0.0245. The van der Waals surface area contributed by atoms with Gasteiger partial charge >= 0.3 is 0 Å². The molecular weight excluding hydrogens is 581 g/mol. The number of aromatic hydroxyl groups is 1. The highest BCUT2D eigenvalue weighted by Gasteiger charge is 2.63. The fraction of sp³-hybridized carbons (Fsp3) is 0.872. The molecule has 1 nitrogen and oxygen atoms in total. The maximum Gasteiger partial charge on any atom is 0.123 e. The Labute approximate surface area is 291 Å². The molecule has 0 saturated heterocycles. The van der Waals surface area contributed by atoms with Gasteiger partial charge in [-0.05, 0) is 260 Å². The molecule has 16 bridgehead atoms. The van der Waals surface area contributed by atoms with Crippen LogP contribution in [0.15, 0.2) is 0 Å². The molecular formula is C47H64O. The van der Waals surface area contributed by atoms with Gasteiger partial charge in [0.15, 0.2) is 0 Å². The van der Waals surface area contributed by atoms with E-state index in [4.69, 9.17) is 0 Å². The number of phenols is 1. The predicted octanol–water partition coefficient (Wildman–Crippen LogP) is 11.6. The van der Waals surface area contributed by atoms with E-state index in [1.165, 1.54) is 154 Å². The van der Waals surface area contributed by atoms with Gasteiger partial charge in [0.1, 0.15) is 5.75 Å². The van der Waals surface area contributed by atoms with Crippen LogP contribution in [0, 0.1) is 77.9 Å². The van der Waals surface area contributed by atoms with Gasteiger partial charge in [0.2, 0.25) is 0 Å². The fourth-order valence-electron chi connectivity index (χ4n) is 20.9.